The summed E-state index contributed by atoms with van der Waals surface area (Å²) in [5.41, 5.74) is 0.570. The number of nitrogens with zero attached hydrogens (tertiary/aromatic N) is 3. The third kappa shape index (κ3) is 3.61. The highest BCUT2D eigenvalue weighted by atomic mass is 16.3. The molecule has 1 amide bonds. The van der Waals surface area contributed by atoms with E-state index in [2.05, 4.69) is 15.5 Å². The molecule has 1 saturated carbocycles. The zero-order valence-corrected chi connectivity index (χ0v) is 15.2. The molecule has 0 saturated heterocycles. The Bertz CT molecular complexity index is 749. The second-order valence-electron chi connectivity index (χ2n) is 7.28. The van der Waals surface area contributed by atoms with Gasteiger partial charge >= 0.3 is 0 Å². The fraction of sp³-hybridized carbons (Fsp3) is 0.611. The van der Waals surface area contributed by atoms with Crippen LogP contribution in [0.1, 0.15) is 66.2 Å². The lowest BCUT2D eigenvalue weighted by Crippen LogP contribution is -2.32. The molecule has 7 nitrogen and oxygen atoms in total. The van der Waals surface area contributed by atoms with Crippen molar-refractivity contribution in [3.8, 4) is 0 Å². The Morgan fingerprint density at radius 3 is 2.84 bits per heavy atom. The summed E-state index contributed by atoms with van der Waals surface area (Å²) in [4.78, 5) is 12.4. The number of rotatable bonds is 5. The minimum absolute atomic E-state index is 0.0161. The van der Waals surface area contributed by atoms with Crippen LogP contribution in [0.5, 0.6) is 0 Å². The standard InChI is InChI=1S/C18H26N4O3/c1-10(2)16-7-14(11(3)25-16)18(24)19-8-13-5-12(6-15(13)23)17-21-20-9-22(17)4/h7,9-10,12-13,15,23H,5-6,8H2,1-4H3,(H,19,24)/t12-,13+,15+/m0/s1. The smallest absolute Gasteiger partial charge is 0.254 e. The molecule has 2 aromatic heterocycles. The highest BCUT2D eigenvalue weighted by molar-refractivity contribution is 5.95. The predicted octanol–water partition coefficient (Wildman–Crippen LogP) is 2.12. The van der Waals surface area contributed by atoms with Gasteiger partial charge in [0.1, 0.15) is 23.7 Å². The summed E-state index contributed by atoms with van der Waals surface area (Å²) in [5, 5.41) is 21.3. The van der Waals surface area contributed by atoms with Crippen molar-refractivity contribution in [1.29, 1.82) is 0 Å². The van der Waals surface area contributed by atoms with Gasteiger partial charge in [-0.15, -0.1) is 10.2 Å². The fourth-order valence-corrected chi connectivity index (χ4v) is 3.53. The first-order chi connectivity index (χ1) is 11.9. The Hall–Kier alpha value is -2.15. The summed E-state index contributed by atoms with van der Waals surface area (Å²) in [6.07, 6.45) is 2.66. The van der Waals surface area contributed by atoms with Crippen LogP contribution in [-0.4, -0.2) is 38.4 Å². The molecule has 3 rings (SSSR count). The van der Waals surface area contributed by atoms with E-state index in [1.54, 1.807) is 13.3 Å². The average Bonchev–Trinajstić information content (AvgIpc) is 3.24. The largest absolute Gasteiger partial charge is 0.465 e. The number of aryl methyl sites for hydroxylation is 2. The van der Waals surface area contributed by atoms with Crippen molar-refractivity contribution >= 4 is 5.91 Å². The molecule has 2 aromatic rings. The first kappa shape index (κ1) is 17.7. The van der Waals surface area contributed by atoms with E-state index >= 15 is 0 Å². The number of hydrogen-bond acceptors (Lipinski definition) is 5. The van der Waals surface area contributed by atoms with Gasteiger partial charge in [-0.05, 0) is 25.8 Å². The predicted molar refractivity (Wildman–Crippen MR) is 92.3 cm³/mol. The molecule has 3 atom stereocenters. The van der Waals surface area contributed by atoms with E-state index in [9.17, 15) is 9.90 Å². The molecule has 1 fully saturated rings. The molecular formula is C18H26N4O3. The molecule has 0 radical (unpaired) electrons. The zero-order valence-electron chi connectivity index (χ0n) is 15.2. The second kappa shape index (κ2) is 7.00. The van der Waals surface area contributed by atoms with Gasteiger partial charge in [0, 0.05) is 31.3 Å². The average molecular weight is 346 g/mol. The van der Waals surface area contributed by atoms with Crippen LogP contribution in [0, 0.1) is 12.8 Å². The van der Waals surface area contributed by atoms with Crippen LogP contribution >= 0.6 is 0 Å². The van der Waals surface area contributed by atoms with E-state index in [-0.39, 0.29) is 23.7 Å². The number of carbonyl (C=O) groups is 1. The summed E-state index contributed by atoms with van der Waals surface area (Å²) < 4.78 is 7.53. The quantitative estimate of drug-likeness (QED) is 0.865. The molecule has 7 heteroatoms. The number of furan rings is 1. The van der Waals surface area contributed by atoms with Gasteiger partial charge in [0.2, 0.25) is 0 Å². The number of aromatic nitrogens is 3. The monoisotopic (exact) mass is 346 g/mol. The second-order valence-corrected chi connectivity index (χ2v) is 7.28. The van der Waals surface area contributed by atoms with Crippen LogP contribution in [0.3, 0.4) is 0 Å². The van der Waals surface area contributed by atoms with Gasteiger partial charge in [-0.2, -0.15) is 0 Å². The summed E-state index contributed by atoms with van der Waals surface area (Å²) in [6, 6.07) is 1.81. The topological polar surface area (TPSA) is 93.2 Å². The van der Waals surface area contributed by atoms with E-state index in [1.165, 1.54) is 0 Å². The normalized spacial score (nSPS) is 23.4. The Kier molecular flexibility index (Phi) is 4.94. The van der Waals surface area contributed by atoms with Crippen LogP contribution in [0.15, 0.2) is 16.8 Å². The first-order valence-electron chi connectivity index (χ1n) is 8.77. The van der Waals surface area contributed by atoms with Crippen molar-refractivity contribution in [3.05, 3.63) is 35.3 Å². The van der Waals surface area contributed by atoms with E-state index in [0.717, 1.165) is 18.0 Å². The molecule has 1 aliphatic rings. The molecule has 25 heavy (non-hydrogen) atoms. The fourth-order valence-electron chi connectivity index (χ4n) is 3.53. The molecule has 2 N–H and O–H groups in total. The lowest BCUT2D eigenvalue weighted by atomic mass is 10.0. The van der Waals surface area contributed by atoms with Crippen molar-refractivity contribution in [1.82, 2.24) is 20.1 Å². The maximum Gasteiger partial charge on any atom is 0.254 e. The summed E-state index contributed by atoms with van der Waals surface area (Å²) in [5.74, 6) is 2.61. The van der Waals surface area contributed by atoms with Crippen molar-refractivity contribution in [2.75, 3.05) is 6.54 Å². The Labute approximate surface area is 147 Å². The SMILES string of the molecule is Cc1oc(C(C)C)cc1C(=O)NC[C@H]1C[C@H](c2nncn2C)C[C@H]1O. The van der Waals surface area contributed by atoms with Crippen molar-refractivity contribution in [2.45, 2.75) is 51.6 Å². The van der Waals surface area contributed by atoms with Gasteiger partial charge in [0.15, 0.2) is 0 Å². The maximum absolute atomic E-state index is 12.4. The zero-order chi connectivity index (χ0) is 18.1. The molecule has 2 heterocycles. The summed E-state index contributed by atoms with van der Waals surface area (Å²) in [7, 11) is 1.91. The molecule has 0 aromatic carbocycles. The van der Waals surface area contributed by atoms with Gasteiger partial charge in [-0.3, -0.25) is 4.79 Å². The highest BCUT2D eigenvalue weighted by Gasteiger charge is 2.36. The third-order valence-electron chi connectivity index (χ3n) is 5.04. The number of nitrogens with one attached hydrogen (secondary N) is 1. The molecule has 0 unspecified atom stereocenters. The van der Waals surface area contributed by atoms with E-state index in [0.29, 0.717) is 24.3 Å². The minimum Gasteiger partial charge on any atom is -0.465 e. The highest BCUT2D eigenvalue weighted by Crippen LogP contribution is 2.37. The number of aliphatic hydroxyl groups excluding tert-OH is 1. The van der Waals surface area contributed by atoms with Crippen molar-refractivity contribution in [3.63, 3.8) is 0 Å². The van der Waals surface area contributed by atoms with Crippen LogP contribution < -0.4 is 5.32 Å². The van der Waals surface area contributed by atoms with Crippen molar-refractivity contribution in [2.24, 2.45) is 13.0 Å². The molecule has 0 aliphatic heterocycles. The van der Waals surface area contributed by atoms with Crippen LogP contribution in [0.25, 0.3) is 0 Å². The minimum atomic E-state index is -0.446. The number of hydrogen-bond donors (Lipinski definition) is 2. The molecular weight excluding hydrogens is 320 g/mol. The Balaban J connectivity index is 1.60. The molecule has 0 bridgehead atoms. The van der Waals surface area contributed by atoms with Gasteiger partial charge in [-0.1, -0.05) is 13.8 Å². The lowest BCUT2D eigenvalue weighted by molar-refractivity contribution is 0.0915. The lowest BCUT2D eigenvalue weighted by Gasteiger charge is -2.14. The van der Waals surface area contributed by atoms with E-state index in [4.69, 9.17) is 4.42 Å². The van der Waals surface area contributed by atoms with Gasteiger partial charge < -0.3 is 19.4 Å². The number of amides is 1. The number of aliphatic hydroxyl groups is 1. The number of carbonyl (C=O) groups excluding carboxylic acids is 1. The maximum atomic E-state index is 12.4. The molecule has 0 spiro atoms. The van der Waals surface area contributed by atoms with Crippen LogP contribution in [0.2, 0.25) is 0 Å². The van der Waals surface area contributed by atoms with E-state index < -0.39 is 6.10 Å². The van der Waals surface area contributed by atoms with Gasteiger partial charge in [0.25, 0.3) is 5.91 Å². The van der Waals surface area contributed by atoms with E-state index in [1.807, 2.05) is 31.5 Å². The third-order valence-corrected chi connectivity index (χ3v) is 5.04. The Morgan fingerprint density at radius 2 is 2.24 bits per heavy atom. The molecule has 136 valence electrons. The Morgan fingerprint density at radius 1 is 1.48 bits per heavy atom. The molecule has 1 aliphatic carbocycles. The first-order valence-corrected chi connectivity index (χ1v) is 8.77. The van der Waals surface area contributed by atoms with Crippen LogP contribution in [-0.2, 0) is 7.05 Å². The van der Waals surface area contributed by atoms with Crippen molar-refractivity contribution < 1.29 is 14.3 Å². The van der Waals surface area contributed by atoms with Crippen LogP contribution in [0.4, 0.5) is 0 Å². The summed E-state index contributed by atoms with van der Waals surface area (Å²) in [6.45, 7) is 6.30. The van der Waals surface area contributed by atoms with Gasteiger partial charge in [-0.25, -0.2) is 0 Å². The van der Waals surface area contributed by atoms with Gasteiger partial charge in [0.05, 0.1) is 11.7 Å². The summed E-state index contributed by atoms with van der Waals surface area (Å²) >= 11 is 0.